The van der Waals surface area contributed by atoms with Crippen molar-refractivity contribution in [2.45, 2.75) is 144 Å². The molecule has 4 N–H and O–H groups in total. The summed E-state index contributed by atoms with van der Waals surface area (Å²) in [7, 11) is 0. The van der Waals surface area contributed by atoms with Crippen molar-refractivity contribution in [1.82, 2.24) is 9.97 Å². The second-order valence-corrected chi connectivity index (χ2v) is 11.8. The van der Waals surface area contributed by atoms with Crippen molar-refractivity contribution < 1.29 is 0 Å². The molecule has 7 nitrogen and oxygen atoms in total. The molecule has 1 aromatic carbocycles. The van der Waals surface area contributed by atoms with Crippen LogP contribution in [0.5, 0.6) is 0 Å². The van der Waals surface area contributed by atoms with Gasteiger partial charge in [0.2, 0.25) is 0 Å². The van der Waals surface area contributed by atoms with Crippen LogP contribution in [0, 0.1) is 30.1 Å². The zero-order valence-corrected chi connectivity index (χ0v) is 30.5. The first-order chi connectivity index (χ1) is 22.5. The quantitative estimate of drug-likeness (QED) is 0.126. The molecule has 0 radical (unpaired) electrons. The molecule has 5 rings (SSSR count). The summed E-state index contributed by atoms with van der Waals surface area (Å²) in [5, 5.41) is 14.4. The second kappa shape index (κ2) is 27.9. The third-order valence-electron chi connectivity index (χ3n) is 8.21. The van der Waals surface area contributed by atoms with Crippen LogP contribution < -0.4 is 21.3 Å². The number of thiocarbonyl (C=S) groups is 1. The van der Waals surface area contributed by atoms with Crippen molar-refractivity contribution in [2.24, 2.45) is 11.7 Å². The van der Waals surface area contributed by atoms with E-state index >= 15 is 0 Å². The van der Waals surface area contributed by atoms with Gasteiger partial charge in [-0.05, 0) is 63.4 Å². The number of aromatic nitrogens is 2. The monoisotopic (exact) mass is 649 g/mol. The number of nitrogens with one attached hydrogen (secondary N) is 2. The van der Waals surface area contributed by atoms with Crippen LogP contribution in [0.2, 0.25) is 0 Å². The minimum Gasteiger partial charge on any atom is -0.393 e. The predicted molar refractivity (Wildman–Crippen MR) is 204 cm³/mol. The molecule has 2 saturated carbocycles. The average molecular weight is 650 g/mol. The number of benzene rings is 1. The van der Waals surface area contributed by atoms with E-state index in [1.165, 1.54) is 76.7 Å². The zero-order valence-electron chi connectivity index (χ0n) is 29.7. The van der Waals surface area contributed by atoms with Gasteiger partial charge in [-0.1, -0.05) is 115 Å². The summed E-state index contributed by atoms with van der Waals surface area (Å²) >= 11 is 4.94. The number of rotatable bonds is 11. The molecule has 2 aromatic rings. The lowest BCUT2D eigenvalue weighted by molar-refractivity contribution is 0.504. The lowest BCUT2D eigenvalue weighted by atomic mass is 9.98. The molecule has 2 aliphatic carbocycles. The number of aryl methyl sites for hydroxylation is 1. The van der Waals surface area contributed by atoms with Gasteiger partial charge in [0.1, 0.15) is 12.0 Å². The largest absolute Gasteiger partial charge is 0.393 e. The summed E-state index contributed by atoms with van der Waals surface area (Å²) in [5.41, 5.74) is 8.13. The minimum absolute atomic E-state index is 0.430. The Kier molecular flexibility index (Phi) is 25.9. The maximum absolute atomic E-state index is 7.32. The Morgan fingerprint density at radius 3 is 2.22 bits per heavy atom. The van der Waals surface area contributed by atoms with E-state index in [0.29, 0.717) is 17.1 Å². The summed E-state index contributed by atoms with van der Waals surface area (Å²) in [6.45, 7) is 12.5. The van der Waals surface area contributed by atoms with Gasteiger partial charge in [-0.3, -0.25) is 0 Å². The number of hydrogen-bond donors (Lipinski definition) is 3. The highest BCUT2D eigenvalue weighted by atomic mass is 32.1. The van der Waals surface area contributed by atoms with Gasteiger partial charge in [0.25, 0.3) is 0 Å². The van der Waals surface area contributed by atoms with Gasteiger partial charge in [-0.2, -0.15) is 5.26 Å². The van der Waals surface area contributed by atoms with Gasteiger partial charge in [0.15, 0.2) is 11.6 Å². The number of terminal acetylenes is 1. The summed E-state index contributed by atoms with van der Waals surface area (Å²) in [6, 6.07) is 13.6. The van der Waals surface area contributed by atoms with Gasteiger partial charge in [0, 0.05) is 19.0 Å². The second-order valence-electron chi connectivity index (χ2n) is 11.3. The standard InChI is InChI=1S/C17H28N6S.C13H18.C2H3N.2C2H6.C2H2/c1-12(6-2-5-9-14(18)24)23-11-21-15-16(19-10-20-17(15)23)22-13-7-3-4-8-13;1-2-6-12(7-3-1)10-11-13-8-4-5-9-13;1-2-3;3*1-2/h10,12-13,21H,2-9,11H2,1H3,(H2,18,24)(H,19,20,22);1-3,6-7,13H,4-5,8-11H2;1H3;2*1-2H3;1-2H. The fourth-order valence-corrected chi connectivity index (χ4v) is 6.09. The van der Waals surface area contributed by atoms with Gasteiger partial charge >= 0.3 is 0 Å². The summed E-state index contributed by atoms with van der Waals surface area (Å²) in [6.07, 6.45) is 27.5. The van der Waals surface area contributed by atoms with Crippen LogP contribution in [0.4, 0.5) is 17.3 Å². The van der Waals surface area contributed by atoms with Crippen LogP contribution in [0.3, 0.4) is 0 Å². The van der Waals surface area contributed by atoms with Crippen LogP contribution in [-0.2, 0) is 6.42 Å². The number of fused-ring (bicyclic) bond motifs is 1. The summed E-state index contributed by atoms with van der Waals surface area (Å²) < 4.78 is 0. The SMILES string of the molecule is C#C.CC.CC.CC#N.CC(CCCCC(N)=S)N1CNc2c(NC3CCCC3)ncnc21.c1ccc(CCC2CCCC2)cc1. The van der Waals surface area contributed by atoms with Crippen molar-refractivity contribution in [3.05, 3.63) is 42.2 Å². The molecule has 1 aromatic heterocycles. The van der Waals surface area contributed by atoms with E-state index in [9.17, 15) is 0 Å². The number of nitrogens with zero attached hydrogens (tertiary/aromatic N) is 4. The molecule has 8 heteroatoms. The third-order valence-corrected chi connectivity index (χ3v) is 8.41. The van der Waals surface area contributed by atoms with E-state index in [1.807, 2.05) is 27.7 Å². The topological polar surface area (TPSA) is 103 Å². The Bertz CT molecular complexity index is 1090. The highest BCUT2D eigenvalue weighted by molar-refractivity contribution is 7.80. The number of anilines is 3. The molecule has 46 heavy (non-hydrogen) atoms. The van der Waals surface area contributed by atoms with Crippen LogP contribution >= 0.6 is 12.2 Å². The maximum Gasteiger partial charge on any atom is 0.159 e. The Hall–Kier alpha value is -3.36. The Balaban J connectivity index is 0.000000774. The van der Waals surface area contributed by atoms with Crippen LogP contribution in [-0.4, -0.2) is 33.7 Å². The molecule has 0 bridgehead atoms. The molecule has 0 spiro atoms. The maximum atomic E-state index is 7.32. The lowest BCUT2D eigenvalue weighted by Crippen LogP contribution is -2.33. The number of unbranched alkanes of at least 4 members (excludes halogenated alkanes) is 1. The molecular weight excluding hydrogens is 587 g/mol. The first-order valence-electron chi connectivity index (χ1n) is 17.6. The Morgan fingerprint density at radius 2 is 1.63 bits per heavy atom. The van der Waals surface area contributed by atoms with Gasteiger partial charge in [0.05, 0.1) is 17.7 Å². The molecule has 1 atom stereocenters. The van der Waals surface area contributed by atoms with Crippen molar-refractivity contribution in [3.8, 4) is 18.9 Å². The van der Waals surface area contributed by atoms with Crippen LogP contribution in [0.1, 0.15) is 131 Å². The fourth-order valence-electron chi connectivity index (χ4n) is 5.94. The van der Waals surface area contributed by atoms with Gasteiger partial charge in [-0.25, -0.2) is 9.97 Å². The highest BCUT2D eigenvalue weighted by Gasteiger charge is 2.28. The van der Waals surface area contributed by atoms with Crippen molar-refractivity contribution in [2.75, 3.05) is 22.2 Å². The molecule has 1 unspecified atom stereocenters. The zero-order chi connectivity index (χ0) is 34.6. The number of hydrogen-bond acceptors (Lipinski definition) is 7. The van der Waals surface area contributed by atoms with E-state index in [-0.39, 0.29) is 0 Å². The smallest absolute Gasteiger partial charge is 0.159 e. The highest BCUT2D eigenvalue weighted by Crippen LogP contribution is 2.37. The van der Waals surface area contributed by atoms with E-state index < -0.39 is 0 Å². The summed E-state index contributed by atoms with van der Waals surface area (Å²) in [5.74, 6) is 3.00. The Morgan fingerprint density at radius 1 is 1.04 bits per heavy atom. The molecule has 2 heterocycles. The van der Waals surface area contributed by atoms with Gasteiger partial charge < -0.3 is 21.3 Å². The van der Waals surface area contributed by atoms with Crippen molar-refractivity contribution in [3.63, 3.8) is 0 Å². The molecule has 1 aliphatic heterocycles. The van der Waals surface area contributed by atoms with E-state index in [1.54, 1.807) is 12.4 Å². The number of nitrogens with two attached hydrogens (primary N) is 1. The first-order valence-corrected chi connectivity index (χ1v) is 18.0. The van der Waals surface area contributed by atoms with Crippen LogP contribution in [0.15, 0.2) is 36.7 Å². The van der Waals surface area contributed by atoms with Crippen molar-refractivity contribution in [1.29, 1.82) is 5.26 Å². The van der Waals surface area contributed by atoms with Gasteiger partial charge in [-0.15, -0.1) is 12.8 Å². The molecular formula is C38H63N7S. The molecule has 2 fully saturated rings. The summed E-state index contributed by atoms with van der Waals surface area (Å²) in [4.78, 5) is 11.9. The first kappa shape index (κ1) is 42.6. The van der Waals surface area contributed by atoms with E-state index in [2.05, 4.69) is 75.6 Å². The molecule has 3 aliphatic rings. The Labute approximate surface area is 287 Å². The average Bonchev–Trinajstić information content (AvgIpc) is 3.90. The third kappa shape index (κ3) is 16.8. The minimum atomic E-state index is 0.430. The van der Waals surface area contributed by atoms with Crippen LogP contribution in [0.25, 0.3) is 0 Å². The van der Waals surface area contributed by atoms with E-state index in [4.69, 9.17) is 23.2 Å². The normalized spacial score (nSPS) is 15.1. The molecule has 0 amide bonds. The fraction of sp³-hybridized carbons (Fsp3) is 0.632. The van der Waals surface area contributed by atoms with E-state index in [0.717, 1.165) is 55.6 Å². The van der Waals surface area contributed by atoms with Crippen molar-refractivity contribution >= 4 is 34.5 Å². The number of nitriles is 1. The molecule has 0 saturated heterocycles. The lowest BCUT2D eigenvalue weighted by Gasteiger charge is -2.25. The molecule has 256 valence electrons. The predicted octanol–water partition coefficient (Wildman–Crippen LogP) is 9.90.